The Morgan fingerprint density at radius 2 is 2.25 bits per heavy atom. The van der Waals surface area contributed by atoms with E-state index in [1.165, 1.54) is 10.5 Å². The van der Waals surface area contributed by atoms with Crippen molar-refractivity contribution in [2.24, 2.45) is 0 Å². The molecule has 84 valence electrons. The summed E-state index contributed by atoms with van der Waals surface area (Å²) >= 11 is 1.84. The van der Waals surface area contributed by atoms with Crippen molar-refractivity contribution in [2.75, 3.05) is 12.9 Å². The molecule has 0 aliphatic carbocycles. The third-order valence-corrected chi connectivity index (χ3v) is 4.60. The van der Waals surface area contributed by atoms with Crippen LogP contribution in [0, 0.1) is 12.3 Å². The number of benzene rings is 1. The van der Waals surface area contributed by atoms with Gasteiger partial charge in [-0.25, -0.2) is 0 Å². The van der Waals surface area contributed by atoms with E-state index in [1.54, 1.807) is 7.11 Å². The molecule has 0 aromatic heterocycles. The smallest absolute Gasteiger partial charge is 0.0759 e. The normalized spacial score (nSPS) is 28.9. The molecule has 1 aromatic rings. The van der Waals surface area contributed by atoms with Gasteiger partial charge in [-0.15, -0.1) is 18.2 Å². The standard InChI is InChI=1S/C14H16OS/c1-4-11-9-14(2,15-3)10-16-13-8-6-5-7-12(11)13/h1,5-8,11H,9-10H2,2-3H3. The highest BCUT2D eigenvalue weighted by atomic mass is 32.2. The van der Waals surface area contributed by atoms with E-state index >= 15 is 0 Å². The molecule has 0 spiro atoms. The van der Waals surface area contributed by atoms with Crippen LogP contribution in [0.25, 0.3) is 0 Å². The summed E-state index contributed by atoms with van der Waals surface area (Å²) in [7, 11) is 1.77. The molecule has 0 bridgehead atoms. The lowest BCUT2D eigenvalue weighted by Gasteiger charge is -2.27. The molecule has 1 nitrogen and oxygen atoms in total. The monoisotopic (exact) mass is 232 g/mol. The highest BCUT2D eigenvalue weighted by Gasteiger charge is 2.32. The van der Waals surface area contributed by atoms with E-state index < -0.39 is 0 Å². The molecule has 2 heteroatoms. The molecular weight excluding hydrogens is 216 g/mol. The fourth-order valence-corrected chi connectivity index (χ4v) is 3.27. The first-order chi connectivity index (χ1) is 7.68. The van der Waals surface area contributed by atoms with E-state index in [0.29, 0.717) is 0 Å². The van der Waals surface area contributed by atoms with Gasteiger partial charge in [-0.1, -0.05) is 24.1 Å². The Bertz CT molecular complexity index is 421. The highest BCUT2D eigenvalue weighted by molar-refractivity contribution is 7.99. The molecule has 2 atom stereocenters. The first-order valence-electron chi connectivity index (χ1n) is 5.41. The van der Waals surface area contributed by atoms with E-state index in [9.17, 15) is 0 Å². The fraction of sp³-hybridized carbons (Fsp3) is 0.429. The minimum Gasteiger partial charge on any atom is -0.378 e. The van der Waals surface area contributed by atoms with Crippen LogP contribution < -0.4 is 0 Å². The van der Waals surface area contributed by atoms with Crippen LogP contribution in [0.15, 0.2) is 29.2 Å². The van der Waals surface area contributed by atoms with Gasteiger partial charge in [-0.3, -0.25) is 0 Å². The third kappa shape index (κ3) is 2.11. The van der Waals surface area contributed by atoms with Gasteiger partial charge in [0, 0.05) is 23.7 Å². The van der Waals surface area contributed by atoms with Gasteiger partial charge in [-0.05, 0) is 25.0 Å². The summed E-state index contributed by atoms with van der Waals surface area (Å²) < 4.78 is 5.61. The maximum atomic E-state index is 5.65. The molecule has 0 amide bonds. The van der Waals surface area contributed by atoms with Crippen LogP contribution in [-0.2, 0) is 4.74 Å². The number of hydrogen-bond donors (Lipinski definition) is 0. The second-order valence-corrected chi connectivity index (χ2v) is 5.42. The van der Waals surface area contributed by atoms with Crippen molar-refractivity contribution in [3.05, 3.63) is 29.8 Å². The topological polar surface area (TPSA) is 9.23 Å². The molecule has 0 saturated heterocycles. The Hall–Kier alpha value is -0.910. The SMILES string of the molecule is C#CC1CC(C)(OC)CSc2ccccc21. The Kier molecular flexibility index (Phi) is 3.28. The van der Waals surface area contributed by atoms with Gasteiger partial charge in [0.2, 0.25) is 0 Å². The van der Waals surface area contributed by atoms with Crippen molar-refractivity contribution in [1.29, 1.82) is 0 Å². The average Bonchev–Trinajstić information content (AvgIpc) is 2.48. The van der Waals surface area contributed by atoms with Crippen LogP contribution in [0.2, 0.25) is 0 Å². The van der Waals surface area contributed by atoms with Crippen LogP contribution >= 0.6 is 11.8 Å². The molecule has 1 aromatic carbocycles. The number of rotatable bonds is 1. The third-order valence-electron chi connectivity index (χ3n) is 3.16. The van der Waals surface area contributed by atoms with Gasteiger partial charge >= 0.3 is 0 Å². The summed E-state index contributed by atoms with van der Waals surface area (Å²) in [4.78, 5) is 1.30. The van der Waals surface area contributed by atoms with Crippen molar-refractivity contribution in [3.63, 3.8) is 0 Å². The second-order valence-electron chi connectivity index (χ2n) is 4.40. The van der Waals surface area contributed by atoms with E-state index in [4.69, 9.17) is 11.2 Å². The van der Waals surface area contributed by atoms with Crippen LogP contribution in [0.3, 0.4) is 0 Å². The lowest BCUT2D eigenvalue weighted by molar-refractivity contribution is 0.0182. The molecule has 16 heavy (non-hydrogen) atoms. The molecule has 0 N–H and O–H groups in total. The van der Waals surface area contributed by atoms with Gasteiger partial charge in [0.1, 0.15) is 0 Å². The molecule has 0 radical (unpaired) electrons. The lowest BCUT2D eigenvalue weighted by atomic mass is 9.88. The minimum absolute atomic E-state index is 0.124. The molecule has 1 aliphatic heterocycles. The maximum Gasteiger partial charge on any atom is 0.0759 e. The van der Waals surface area contributed by atoms with Crippen molar-refractivity contribution in [3.8, 4) is 12.3 Å². The Morgan fingerprint density at radius 1 is 1.50 bits per heavy atom. The Labute approximate surface area is 102 Å². The predicted molar refractivity (Wildman–Crippen MR) is 68.8 cm³/mol. The molecule has 2 rings (SSSR count). The average molecular weight is 232 g/mol. The van der Waals surface area contributed by atoms with Crippen molar-refractivity contribution < 1.29 is 4.74 Å². The first kappa shape index (κ1) is 11.6. The fourth-order valence-electron chi connectivity index (χ4n) is 2.02. The number of hydrogen-bond acceptors (Lipinski definition) is 2. The number of thioether (sulfide) groups is 1. The number of ether oxygens (including phenoxy) is 1. The van der Waals surface area contributed by atoms with E-state index in [1.807, 2.05) is 11.8 Å². The zero-order chi connectivity index (χ0) is 11.6. The van der Waals surface area contributed by atoms with Gasteiger partial charge in [0.25, 0.3) is 0 Å². The molecule has 0 saturated carbocycles. The summed E-state index contributed by atoms with van der Waals surface area (Å²) in [6, 6.07) is 8.40. The molecule has 2 unspecified atom stereocenters. The van der Waals surface area contributed by atoms with Crippen molar-refractivity contribution in [1.82, 2.24) is 0 Å². The highest BCUT2D eigenvalue weighted by Crippen LogP contribution is 2.40. The molecular formula is C14H16OS. The Balaban J connectivity index is 2.39. The van der Waals surface area contributed by atoms with Crippen molar-refractivity contribution in [2.45, 2.75) is 29.8 Å². The number of terminal acetylenes is 1. The van der Waals surface area contributed by atoms with Gasteiger partial charge in [0.15, 0.2) is 0 Å². The summed E-state index contributed by atoms with van der Waals surface area (Å²) in [6.07, 6.45) is 6.54. The quantitative estimate of drug-likeness (QED) is 0.687. The van der Waals surface area contributed by atoms with Crippen LogP contribution in [0.5, 0.6) is 0 Å². The first-order valence-corrected chi connectivity index (χ1v) is 6.40. The van der Waals surface area contributed by atoms with Crippen LogP contribution in [-0.4, -0.2) is 18.5 Å². The summed E-state index contributed by atoms with van der Waals surface area (Å²) in [5.74, 6) is 4.02. The molecule has 1 heterocycles. The lowest BCUT2D eigenvalue weighted by Crippen LogP contribution is -2.31. The van der Waals surface area contributed by atoms with Crippen LogP contribution in [0.4, 0.5) is 0 Å². The molecule has 0 fully saturated rings. The summed E-state index contributed by atoms with van der Waals surface area (Å²) in [5, 5.41) is 0. The maximum absolute atomic E-state index is 5.65. The van der Waals surface area contributed by atoms with E-state index in [-0.39, 0.29) is 11.5 Å². The molecule has 1 aliphatic rings. The van der Waals surface area contributed by atoms with Crippen LogP contribution in [0.1, 0.15) is 24.8 Å². The largest absolute Gasteiger partial charge is 0.378 e. The van der Waals surface area contributed by atoms with Gasteiger partial charge < -0.3 is 4.74 Å². The number of methoxy groups -OCH3 is 1. The zero-order valence-electron chi connectivity index (χ0n) is 9.69. The number of fused-ring (bicyclic) bond motifs is 1. The second kappa shape index (κ2) is 4.53. The summed E-state index contributed by atoms with van der Waals surface area (Å²) in [5.41, 5.74) is 1.15. The van der Waals surface area contributed by atoms with E-state index in [0.717, 1.165) is 12.2 Å². The van der Waals surface area contributed by atoms with Gasteiger partial charge in [0.05, 0.1) is 5.60 Å². The van der Waals surface area contributed by atoms with Gasteiger partial charge in [-0.2, -0.15) is 0 Å². The minimum atomic E-state index is -0.124. The van der Waals surface area contributed by atoms with E-state index in [2.05, 4.69) is 37.1 Å². The predicted octanol–water partition coefficient (Wildman–Crippen LogP) is 3.30. The Morgan fingerprint density at radius 3 is 2.94 bits per heavy atom. The van der Waals surface area contributed by atoms with Crippen molar-refractivity contribution >= 4 is 11.8 Å². The summed E-state index contributed by atoms with van der Waals surface area (Å²) in [6.45, 7) is 2.14. The zero-order valence-corrected chi connectivity index (χ0v) is 10.5.